The molecule has 3 N–H and O–H groups in total. The Bertz CT molecular complexity index is 1470. The second kappa shape index (κ2) is 10.8. The molecule has 0 radical (unpaired) electrons. The second-order valence-electron chi connectivity index (χ2n) is 9.59. The van der Waals surface area contributed by atoms with Crippen LogP contribution < -0.4 is 20.5 Å². The van der Waals surface area contributed by atoms with Crippen molar-refractivity contribution in [3.05, 3.63) is 39.0 Å². The fourth-order valence-electron chi connectivity index (χ4n) is 3.89. The summed E-state index contributed by atoms with van der Waals surface area (Å²) in [4.78, 5) is 24.2. The highest BCUT2D eigenvalue weighted by Gasteiger charge is 2.29. The zero-order valence-electron chi connectivity index (χ0n) is 20.5. The van der Waals surface area contributed by atoms with Gasteiger partial charge in [-0.3, -0.25) is 4.52 Å². The Morgan fingerprint density at radius 3 is 2.50 bits per heavy atom. The second-order valence-corrected chi connectivity index (χ2v) is 11.9. The number of nitrogens with zero attached hydrogens (tertiary/aromatic N) is 4. The average molecular weight is 618 g/mol. The van der Waals surface area contributed by atoms with Crippen LogP contribution in [0.25, 0.3) is 17.2 Å². The van der Waals surface area contributed by atoms with E-state index >= 15 is 0 Å². The lowest BCUT2D eigenvalue weighted by molar-refractivity contribution is 0.0569. The molecule has 17 heteroatoms. The molecule has 1 saturated carbocycles. The highest BCUT2D eigenvalue weighted by atomic mass is 79.9. The quantitative estimate of drug-likeness (QED) is 0.354. The molecule has 1 aliphatic rings. The Morgan fingerprint density at radius 1 is 1.16 bits per heavy atom. The first-order valence-corrected chi connectivity index (χ1v) is 13.8. The molecule has 1 amide bonds. The van der Waals surface area contributed by atoms with Crippen molar-refractivity contribution >= 4 is 38.1 Å². The van der Waals surface area contributed by atoms with Crippen LogP contribution in [0.5, 0.6) is 0 Å². The van der Waals surface area contributed by atoms with Crippen LogP contribution in [0, 0.1) is 5.82 Å². The maximum atomic E-state index is 13.7. The van der Waals surface area contributed by atoms with E-state index in [9.17, 15) is 22.4 Å². The van der Waals surface area contributed by atoms with Gasteiger partial charge in [-0.1, -0.05) is 5.16 Å². The molecule has 14 nitrogen and oxygen atoms in total. The molecule has 3 aromatic rings. The van der Waals surface area contributed by atoms with E-state index in [1.807, 2.05) is 4.72 Å². The number of anilines is 1. The molecule has 4 rings (SSSR count). The molecule has 0 spiro atoms. The maximum absolute atomic E-state index is 13.7. The van der Waals surface area contributed by atoms with E-state index < -0.39 is 39.5 Å². The van der Waals surface area contributed by atoms with Crippen LogP contribution in [0.1, 0.15) is 46.5 Å². The molecule has 0 unspecified atom stereocenters. The summed E-state index contributed by atoms with van der Waals surface area (Å²) in [6.07, 6.45) is 0.952. The van der Waals surface area contributed by atoms with Crippen molar-refractivity contribution in [2.24, 2.45) is 0 Å². The maximum Gasteiger partial charge on any atom is 0.446 e. The molecule has 38 heavy (non-hydrogen) atoms. The zero-order chi connectivity index (χ0) is 27.7. The number of nitrogens with one attached hydrogen (secondary N) is 3. The van der Waals surface area contributed by atoms with Crippen molar-refractivity contribution in [2.45, 2.75) is 64.1 Å². The van der Waals surface area contributed by atoms with Crippen LogP contribution in [-0.2, 0) is 14.9 Å². The molecule has 2 heterocycles. The minimum Gasteiger partial charge on any atom is -0.443 e. The third-order valence-electron chi connectivity index (χ3n) is 5.47. The van der Waals surface area contributed by atoms with E-state index in [0.717, 1.165) is 4.57 Å². The van der Waals surface area contributed by atoms with E-state index in [-0.39, 0.29) is 33.5 Å². The number of hydrogen-bond acceptors (Lipinski definition) is 11. The Kier molecular flexibility index (Phi) is 7.89. The summed E-state index contributed by atoms with van der Waals surface area (Å²) in [5, 5.41) is 14.7. The van der Waals surface area contributed by atoms with Crippen LogP contribution in [0.4, 0.5) is 15.0 Å². The van der Waals surface area contributed by atoms with Gasteiger partial charge in [0.1, 0.15) is 11.4 Å². The molecule has 0 saturated heterocycles. The lowest BCUT2D eigenvalue weighted by Gasteiger charge is -2.29. The van der Waals surface area contributed by atoms with Crippen LogP contribution >= 0.6 is 15.9 Å². The number of carbonyl (C=O) groups is 1. The fraction of sp³-hybridized carbons (Fsp3) is 0.476. The highest BCUT2D eigenvalue weighted by Crippen LogP contribution is 2.29. The molecule has 206 valence electrons. The minimum absolute atomic E-state index is 0.00748. The first kappa shape index (κ1) is 27.7. The molecular weight excluding hydrogens is 593 g/mol. The number of benzene rings is 1. The monoisotopic (exact) mass is 617 g/mol. The summed E-state index contributed by atoms with van der Waals surface area (Å²) >= 11 is 3.09. The van der Waals surface area contributed by atoms with E-state index in [2.05, 4.69) is 41.4 Å². The molecule has 0 aliphatic heterocycles. The Labute approximate surface area is 224 Å². The third kappa shape index (κ3) is 6.76. The van der Waals surface area contributed by atoms with Gasteiger partial charge in [0.2, 0.25) is 11.6 Å². The van der Waals surface area contributed by atoms with Crippen LogP contribution in [0.15, 0.2) is 36.6 Å². The van der Waals surface area contributed by atoms with Gasteiger partial charge in [0.05, 0.1) is 10.2 Å². The Balaban J connectivity index is 1.40. The van der Waals surface area contributed by atoms with Crippen molar-refractivity contribution in [2.75, 3.05) is 5.32 Å². The number of aromatic nitrogens is 4. The normalized spacial score (nSPS) is 18.2. The van der Waals surface area contributed by atoms with Gasteiger partial charge in [0, 0.05) is 12.1 Å². The van der Waals surface area contributed by atoms with Crippen molar-refractivity contribution in [1.29, 1.82) is 0 Å². The predicted molar refractivity (Wildman–Crippen MR) is 134 cm³/mol. The number of amides is 1. The van der Waals surface area contributed by atoms with Gasteiger partial charge in [-0.25, -0.2) is 27.9 Å². The van der Waals surface area contributed by atoms with Crippen LogP contribution in [-0.4, -0.2) is 52.2 Å². The summed E-state index contributed by atoms with van der Waals surface area (Å²) in [5.74, 6) is -1.14. The van der Waals surface area contributed by atoms with E-state index in [0.29, 0.717) is 25.7 Å². The smallest absolute Gasteiger partial charge is 0.443 e. The molecule has 1 aromatic carbocycles. The molecule has 1 aliphatic carbocycles. The van der Waals surface area contributed by atoms with E-state index in [1.54, 1.807) is 20.8 Å². The summed E-state index contributed by atoms with van der Waals surface area (Å²) in [6, 6.07) is 3.41. The lowest BCUT2D eigenvalue weighted by Crippen LogP contribution is -2.48. The lowest BCUT2D eigenvalue weighted by atomic mass is 9.92. The number of rotatable bonds is 7. The highest BCUT2D eigenvalue weighted by molar-refractivity contribution is 9.10. The summed E-state index contributed by atoms with van der Waals surface area (Å²) < 4.78 is 58.5. The first-order valence-electron chi connectivity index (χ1n) is 11.5. The molecule has 1 fully saturated rings. The summed E-state index contributed by atoms with van der Waals surface area (Å²) in [6.45, 7) is 4.88. The molecular formula is C21H25BrFN7O7S. The standard InChI is InChI=1S/C21H25BrFN7O7S/c1-21(2,3)35-19(31)29-38(33,34)28-12-6-4-11(5-7-12)24-17-16(25-37-26-17)18-27-36-20(32)30(18)13-8-9-15(23)14(22)10-13/h8-12,28H,4-7H2,1-3H3,(H,24,26)(H,29,31). The predicted octanol–water partition coefficient (Wildman–Crippen LogP) is 2.86. The molecule has 0 atom stereocenters. The van der Waals surface area contributed by atoms with Crippen LogP contribution in [0.3, 0.4) is 0 Å². The van der Waals surface area contributed by atoms with Gasteiger partial charge in [-0.2, -0.15) is 13.1 Å². The van der Waals surface area contributed by atoms with Crippen molar-refractivity contribution < 1.29 is 31.5 Å². The minimum atomic E-state index is -4.11. The fourth-order valence-corrected chi connectivity index (χ4v) is 5.25. The van der Waals surface area contributed by atoms with Crippen LogP contribution in [0.2, 0.25) is 0 Å². The third-order valence-corrected chi connectivity index (χ3v) is 7.16. The van der Waals surface area contributed by atoms with Gasteiger partial charge in [0.25, 0.3) is 0 Å². The summed E-state index contributed by atoms with van der Waals surface area (Å²) in [7, 11) is -4.11. The largest absolute Gasteiger partial charge is 0.446 e. The molecule has 2 aromatic heterocycles. The van der Waals surface area contributed by atoms with Gasteiger partial charge in [-0.15, -0.1) is 0 Å². The van der Waals surface area contributed by atoms with Gasteiger partial charge in [-0.05, 0) is 90.9 Å². The average Bonchev–Trinajstić information content (AvgIpc) is 3.41. The SMILES string of the molecule is CC(C)(C)OC(=O)NS(=O)(=O)NC1CCC(Nc2nonc2-c2noc(=O)n2-c2ccc(F)c(Br)c2)CC1. The summed E-state index contributed by atoms with van der Waals surface area (Å²) in [5.41, 5.74) is -0.462. The number of ether oxygens (including phenoxy) is 1. The van der Waals surface area contributed by atoms with Crippen molar-refractivity contribution in [1.82, 2.24) is 29.5 Å². The number of halogens is 2. The van der Waals surface area contributed by atoms with Crippen molar-refractivity contribution in [3.63, 3.8) is 0 Å². The Hall–Kier alpha value is -3.31. The van der Waals surface area contributed by atoms with Crippen molar-refractivity contribution in [3.8, 4) is 17.2 Å². The number of carbonyl (C=O) groups excluding carboxylic acids is 1. The van der Waals surface area contributed by atoms with Gasteiger partial charge < -0.3 is 10.1 Å². The van der Waals surface area contributed by atoms with E-state index in [1.165, 1.54) is 18.2 Å². The first-order chi connectivity index (χ1) is 17.8. The van der Waals surface area contributed by atoms with Gasteiger partial charge >= 0.3 is 22.1 Å². The van der Waals surface area contributed by atoms with Gasteiger partial charge in [0.15, 0.2) is 5.69 Å². The molecule has 0 bridgehead atoms. The zero-order valence-corrected chi connectivity index (χ0v) is 22.9. The Morgan fingerprint density at radius 2 is 1.84 bits per heavy atom. The number of hydrogen-bond donors (Lipinski definition) is 3. The van der Waals surface area contributed by atoms with E-state index in [4.69, 9.17) is 13.9 Å². The topological polar surface area (TPSA) is 183 Å².